The molecule has 3 aromatic rings. The number of benzene rings is 2. The van der Waals surface area contributed by atoms with E-state index in [0.717, 1.165) is 27.1 Å². The molecule has 1 aromatic heterocycles. The SMILES string of the molecule is CCN1C(=O)NC(=O)/C(=C/c2cn(CCOc3ccccc3)c3ccccc23)C1=O. The van der Waals surface area contributed by atoms with Gasteiger partial charge in [0.1, 0.15) is 17.9 Å². The molecule has 1 fully saturated rings. The number of amides is 4. The second kappa shape index (κ2) is 8.24. The van der Waals surface area contributed by atoms with Crippen molar-refractivity contribution in [1.29, 1.82) is 0 Å². The normalized spacial score (nSPS) is 15.7. The van der Waals surface area contributed by atoms with Crippen molar-refractivity contribution in [2.45, 2.75) is 13.5 Å². The number of hydrogen-bond acceptors (Lipinski definition) is 4. The van der Waals surface area contributed by atoms with Crippen LogP contribution in [0.5, 0.6) is 5.75 Å². The third kappa shape index (κ3) is 3.69. The molecule has 7 heteroatoms. The highest BCUT2D eigenvalue weighted by Crippen LogP contribution is 2.25. The van der Waals surface area contributed by atoms with Gasteiger partial charge in [-0.1, -0.05) is 36.4 Å². The Balaban J connectivity index is 1.63. The number of urea groups is 1. The smallest absolute Gasteiger partial charge is 0.331 e. The quantitative estimate of drug-likeness (QED) is 0.506. The number of barbiturate groups is 1. The van der Waals surface area contributed by atoms with Gasteiger partial charge in [-0.15, -0.1) is 0 Å². The summed E-state index contributed by atoms with van der Waals surface area (Å²) in [6.45, 7) is 2.94. The molecule has 1 saturated heterocycles. The highest BCUT2D eigenvalue weighted by atomic mass is 16.5. The van der Waals surface area contributed by atoms with Crippen molar-refractivity contribution in [3.63, 3.8) is 0 Å². The van der Waals surface area contributed by atoms with E-state index in [1.165, 1.54) is 0 Å². The molecular formula is C23H21N3O4. The molecule has 0 aliphatic carbocycles. The Morgan fingerprint density at radius 1 is 1.00 bits per heavy atom. The van der Waals surface area contributed by atoms with Gasteiger partial charge in [-0.05, 0) is 31.2 Å². The number of ether oxygens (including phenoxy) is 1. The fraction of sp³-hybridized carbons (Fsp3) is 0.174. The number of rotatable bonds is 6. The monoisotopic (exact) mass is 403 g/mol. The fourth-order valence-electron chi connectivity index (χ4n) is 3.49. The first-order valence-electron chi connectivity index (χ1n) is 9.73. The van der Waals surface area contributed by atoms with Crippen LogP contribution in [0, 0.1) is 0 Å². The summed E-state index contributed by atoms with van der Waals surface area (Å²) in [6.07, 6.45) is 3.43. The van der Waals surface area contributed by atoms with Crippen LogP contribution >= 0.6 is 0 Å². The summed E-state index contributed by atoms with van der Waals surface area (Å²) in [4.78, 5) is 37.7. The third-order valence-corrected chi connectivity index (χ3v) is 4.97. The summed E-state index contributed by atoms with van der Waals surface area (Å²) in [7, 11) is 0. The Kier molecular flexibility index (Phi) is 5.34. The summed E-state index contributed by atoms with van der Waals surface area (Å²) < 4.78 is 7.82. The molecule has 4 rings (SSSR count). The average molecular weight is 403 g/mol. The van der Waals surface area contributed by atoms with Crippen molar-refractivity contribution in [2.24, 2.45) is 0 Å². The van der Waals surface area contributed by atoms with Gasteiger partial charge >= 0.3 is 6.03 Å². The Hall–Kier alpha value is -3.87. The summed E-state index contributed by atoms with van der Waals surface area (Å²) >= 11 is 0. The van der Waals surface area contributed by atoms with Gasteiger partial charge in [0.05, 0.1) is 6.54 Å². The van der Waals surface area contributed by atoms with E-state index in [0.29, 0.717) is 13.2 Å². The van der Waals surface area contributed by atoms with E-state index in [9.17, 15) is 14.4 Å². The van der Waals surface area contributed by atoms with Crippen molar-refractivity contribution in [1.82, 2.24) is 14.8 Å². The zero-order valence-corrected chi connectivity index (χ0v) is 16.5. The molecule has 0 spiro atoms. The molecule has 0 unspecified atom stereocenters. The standard InChI is InChI=1S/C23H21N3O4/c1-2-26-22(28)19(21(27)24-23(26)29)14-16-15-25(20-11-7-6-10-18(16)20)12-13-30-17-8-4-3-5-9-17/h3-11,14-15H,2,12-13H2,1H3,(H,24,27,29)/b19-14-. The fourth-order valence-corrected chi connectivity index (χ4v) is 3.49. The number of para-hydroxylation sites is 2. The minimum atomic E-state index is -0.690. The van der Waals surface area contributed by atoms with E-state index >= 15 is 0 Å². The number of fused-ring (bicyclic) bond motifs is 1. The molecule has 1 N–H and O–H groups in total. The van der Waals surface area contributed by atoms with E-state index in [2.05, 4.69) is 5.32 Å². The Bertz CT molecular complexity index is 1150. The lowest BCUT2D eigenvalue weighted by Gasteiger charge is -2.24. The van der Waals surface area contributed by atoms with E-state index in [-0.39, 0.29) is 12.1 Å². The van der Waals surface area contributed by atoms with Crippen molar-refractivity contribution >= 4 is 34.8 Å². The van der Waals surface area contributed by atoms with Gasteiger partial charge in [-0.3, -0.25) is 19.8 Å². The van der Waals surface area contributed by atoms with Crippen LogP contribution in [0.25, 0.3) is 17.0 Å². The van der Waals surface area contributed by atoms with Crippen LogP contribution in [-0.2, 0) is 16.1 Å². The lowest BCUT2D eigenvalue weighted by atomic mass is 10.1. The highest BCUT2D eigenvalue weighted by Gasteiger charge is 2.34. The van der Waals surface area contributed by atoms with Gasteiger partial charge in [0.2, 0.25) is 0 Å². The number of imide groups is 2. The Morgan fingerprint density at radius 3 is 2.50 bits per heavy atom. The molecule has 1 aliphatic rings. The second-order valence-corrected chi connectivity index (χ2v) is 6.82. The molecule has 0 bridgehead atoms. The molecule has 1 aliphatic heterocycles. The number of likely N-dealkylation sites (N-methyl/N-ethyl adjacent to an activating group) is 1. The molecule has 152 valence electrons. The molecule has 4 amide bonds. The highest BCUT2D eigenvalue weighted by molar-refractivity contribution is 6.31. The van der Waals surface area contributed by atoms with Gasteiger partial charge in [-0.2, -0.15) is 0 Å². The first kappa shape index (κ1) is 19.4. The Morgan fingerprint density at radius 2 is 1.73 bits per heavy atom. The number of hydrogen-bond donors (Lipinski definition) is 1. The average Bonchev–Trinajstić information content (AvgIpc) is 3.10. The van der Waals surface area contributed by atoms with Gasteiger partial charge < -0.3 is 9.30 Å². The lowest BCUT2D eigenvalue weighted by molar-refractivity contribution is -0.129. The molecule has 0 saturated carbocycles. The topological polar surface area (TPSA) is 80.6 Å². The molecule has 0 atom stereocenters. The number of carbonyl (C=O) groups excluding carboxylic acids is 3. The van der Waals surface area contributed by atoms with Crippen LogP contribution in [0.2, 0.25) is 0 Å². The van der Waals surface area contributed by atoms with Gasteiger partial charge in [-0.25, -0.2) is 4.79 Å². The van der Waals surface area contributed by atoms with E-state index in [1.54, 1.807) is 13.0 Å². The summed E-state index contributed by atoms with van der Waals surface area (Å²) in [5, 5.41) is 3.13. The molecule has 2 aromatic carbocycles. The third-order valence-electron chi connectivity index (χ3n) is 4.97. The molecule has 30 heavy (non-hydrogen) atoms. The maximum absolute atomic E-state index is 12.6. The van der Waals surface area contributed by atoms with Crippen LogP contribution in [-0.4, -0.2) is 40.5 Å². The molecule has 7 nitrogen and oxygen atoms in total. The van der Waals surface area contributed by atoms with Crippen LogP contribution in [0.15, 0.2) is 66.4 Å². The van der Waals surface area contributed by atoms with Gasteiger partial charge in [0.15, 0.2) is 0 Å². The summed E-state index contributed by atoms with van der Waals surface area (Å²) in [5.74, 6) is -0.473. The maximum atomic E-state index is 12.6. The van der Waals surface area contributed by atoms with Crippen molar-refractivity contribution in [2.75, 3.05) is 13.2 Å². The molecular weight excluding hydrogens is 382 g/mol. The van der Waals surface area contributed by atoms with E-state index in [1.807, 2.05) is 65.4 Å². The Labute approximate surface area is 173 Å². The van der Waals surface area contributed by atoms with E-state index in [4.69, 9.17) is 4.74 Å². The first-order valence-corrected chi connectivity index (χ1v) is 9.73. The minimum Gasteiger partial charge on any atom is -0.492 e. The molecule has 2 heterocycles. The predicted octanol–water partition coefficient (Wildman–Crippen LogP) is 3.20. The van der Waals surface area contributed by atoms with Crippen LogP contribution in [0.1, 0.15) is 12.5 Å². The maximum Gasteiger partial charge on any atom is 0.331 e. The molecule has 0 radical (unpaired) electrons. The minimum absolute atomic E-state index is 0.0557. The van der Waals surface area contributed by atoms with Crippen LogP contribution in [0.3, 0.4) is 0 Å². The first-order chi connectivity index (χ1) is 14.6. The summed E-state index contributed by atoms with van der Waals surface area (Å²) in [5.41, 5.74) is 1.64. The van der Waals surface area contributed by atoms with Gasteiger partial charge in [0.25, 0.3) is 11.8 Å². The van der Waals surface area contributed by atoms with Crippen molar-refractivity contribution in [3.05, 3.63) is 71.9 Å². The van der Waals surface area contributed by atoms with Crippen molar-refractivity contribution < 1.29 is 19.1 Å². The predicted molar refractivity (Wildman–Crippen MR) is 113 cm³/mol. The van der Waals surface area contributed by atoms with Crippen LogP contribution in [0.4, 0.5) is 4.79 Å². The van der Waals surface area contributed by atoms with Crippen molar-refractivity contribution in [3.8, 4) is 5.75 Å². The second-order valence-electron chi connectivity index (χ2n) is 6.82. The largest absolute Gasteiger partial charge is 0.492 e. The zero-order chi connectivity index (χ0) is 21.1. The van der Waals surface area contributed by atoms with E-state index < -0.39 is 17.8 Å². The number of nitrogens with zero attached hydrogens (tertiary/aromatic N) is 2. The van der Waals surface area contributed by atoms with Crippen LogP contribution < -0.4 is 10.1 Å². The number of carbonyl (C=O) groups is 3. The van der Waals surface area contributed by atoms with Gasteiger partial charge in [0, 0.05) is 29.2 Å². The lowest BCUT2D eigenvalue weighted by Crippen LogP contribution is -2.53. The summed E-state index contributed by atoms with van der Waals surface area (Å²) in [6, 6.07) is 16.6. The number of aromatic nitrogens is 1. The number of nitrogens with one attached hydrogen (secondary N) is 1. The zero-order valence-electron chi connectivity index (χ0n) is 16.5.